The zero-order valence-corrected chi connectivity index (χ0v) is 12.6. The van der Waals surface area contributed by atoms with Crippen molar-refractivity contribution < 1.29 is 18.3 Å². The van der Waals surface area contributed by atoms with E-state index in [-0.39, 0.29) is 25.4 Å². The quantitative estimate of drug-likeness (QED) is 0.650. The summed E-state index contributed by atoms with van der Waals surface area (Å²) in [6.45, 7) is 1.71. The summed E-state index contributed by atoms with van der Waals surface area (Å²) < 4.78 is 25.7. The lowest BCUT2D eigenvalue weighted by atomic mass is 10.2. The molecule has 0 heterocycles. The number of rotatable bonds is 8. The number of nitrogens with one attached hydrogen (secondary N) is 2. The smallest absolute Gasteiger partial charge is 0.233 e. The Morgan fingerprint density at radius 3 is 2.62 bits per heavy atom. The van der Waals surface area contributed by atoms with Crippen molar-refractivity contribution in [3.63, 3.8) is 0 Å². The molecule has 1 aromatic carbocycles. The summed E-state index contributed by atoms with van der Waals surface area (Å²) in [7, 11) is -3.57. The summed E-state index contributed by atoms with van der Waals surface area (Å²) >= 11 is 0. The van der Waals surface area contributed by atoms with Crippen molar-refractivity contribution >= 4 is 22.0 Å². The molecule has 1 unspecified atom stereocenters. The van der Waals surface area contributed by atoms with Gasteiger partial charge in [-0.2, -0.15) is 0 Å². The van der Waals surface area contributed by atoms with Crippen molar-refractivity contribution in [2.24, 2.45) is 0 Å². The molecule has 21 heavy (non-hydrogen) atoms. The second-order valence-electron chi connectivity index (χ2n) is 4.56. The van der Waals surface area contributed by atoms with Gasteiger partial charge in [-0.25, -0.2) is 13.1 Å². The van der Waals surface area contributed by atoms with E-state index in [0.717, 1.165) is 11.0 Å². The lowest BCUT2D eigenvalue weighted by Gasteiger charge is -2.07. The van der Waals surface area contributed by atoms with E-state index >= 15 is 0 Å². The maximum atomic E-state index is 11.7. The Kier molecular flexibility index (Phi) is 7.07. The van der Waals surface area contributed by atoms with Gasteiger partial charge in [0.25, 0.3) is 0 Å². The molecule has 6 nitrogen and oxygen atoms in total. The molecule has 3 N–H and O–H groups in total. The van der Waals surface area contributed by atoms with Crippen molar-refractivity contribution in [2.45, 2.75) is 19.4 Å². The molecule has 0 spiro atoms. The average molecular weight is 312 g/mol. The number of amides is 1. The monoisotopic (exact) mass is 312 g/mol. The summed E-state index contributed by atoms with van der Waals surface area (Å²) in [4.78, 5) is 11.3. The predicted octanol–water partition coefficient (Wildman–Crippen LogP) is 0.464. The molecule has 7 heteroatoms. The lowest BCUT2D eigenvalue weighted by Crippen LogP contribution is -2.33. The Hall–Kier alpha value is -1.70. The minimum absolute atomic E-state index is 0.00705. The van der Waals surface area contributed by atoms with Gasteiger partial charge in [0, 0.05) is 24.9 Å². The summed E-state index contributed by atoms with van der Waals surface area (Å²) in [5.41, 5.74) is 0.776. The molecule has 1 aromatic rings. The van der Waals surface area contributed by atoms with E-state index in [4.69, 9.17) is 5.11 Å². The third-order valence-corrected chi connectivity index (χ3v) is 3.59. The molecule has 1 atom stereocenters. The fourth-order valence-corrected chi connectivity index (χ4v) is 2.26. The highest BCUT2D eigenvalue weighted by atomic mass is 32.2. The Morgan fingerprint density at radius 1 is 1.33 bits per heavy atom. The Bertz CT molecular complexity index is 568. The van der Waals surface area contributed by atoms with Crippen LogP contribution in [0.25, 0.3) is 6.08 Å². The fraction of sp³-hybridized carbons (Fsp3) is 0.357. The standard InChI is InChI=1S/C14H20N2O4S/c1-12(17)11-15-14(18)7-9-16-21(19,20)10-8-13-5-3-2-4-6-13/h2-6,8,10,12,16-17H,7,9,11H2,1H3,(H,15,18)/b10-8+. The summed E-state index contributed by atoms with van der Waals surface area (Å²) in [6.07, 6.45) is 0.875. The fourth-order valence-electron chi connectivity index (χ4n) is 1.44. The number of benzene rings is 1. The van der Waals surface area contributed by atoms with Crippen LogP contribution in [0.2, 0.25) is 0 Å². The van der Waals surface area contributed by atoms with E-state index in [1.54, 1.807) is 19.1 Å². The first-order valence-corrected chi connectivity index (χ1v) is 8.11. The minimum Gasteiger partial charge on any atom is -0.392 e. The van der Waals surface area contributed by atoms with Crippen LogP contribution in [-0.4, -0.2) is 38.6 Å². The molecule has 0 fully saturated rings. The van der Waals surface area contributed by atoms with Gasteiger partial charge >= 0.3 is 0 Å². The van der Waals surface area contributed by atoms with Crippen LogP contribution in [0.3, 0.4) is 0 Å². The van der Waals surface area contributed by atoms with Gasteiger partial charge < -0.3 is 10.4 Å². The first-order chi connectivity index (χ1) is 9.89. The van der Waals surface area contributed by atoms with E-state index in [9.17, 15) is 13.2 Å². The summed E-state index contributed by atoms with van der Waals surface area (Å²) in [5.74, 6) is -0.314. The van der Waals surface area contributed by atoms with Crippen LogP contribution in [0.1, 0.15) is 18.9 Å². The third-order valence-electron chi connectivity index (χ3n) is 2.49. The lowest BCUT2D eigenvalue weighted by molar-refractivity contribution is -0.121. The molecule has 0 saturated heterocycles. The first-order valence-electron chi connectivity index (χ1n) is 6.56. The molecule has 1 rings (SSSR count). The molecule has 0 bridgehead atoms. The number of carbonyl (C=O) groups excluding carboxylic acids is 1. The Morgan fingerprint density at radius 2 is 2.00 bits per heavy atom. The Labute approximate surface area is 124 Å². The molecule has 0 aliphatic rings. The Balaban J connectivity index is 2.36. The van der Waals surface area contributed by atoms with Gasteiger partial charge in [0.2, 0.25) is 15.9 Å². The second kappa shape index (κ2) is 8.56. The highest BCUT2D eigenvalue weighted by Crippen LogP contribution is 2.02. The molecular formula is C14H20N2O4S. The number of aliphatic hydroxyl groups excluding tert-OH is 1. The maximum Gasteiger partial charge on any atom is 0.233 e. The largest absolute Gasteiger partial charge is 0.392 e. The molecule has 0 aliphatic carbocycles. The van der Waals surface area contributed by atoms with Crippen LogP contribution in [0, 0.1) is 0 Å². The van der Waals surface area contributed by atoms with Gasteiger partial charge in [0.05, 0.1) is 6.10 Å². The maximum absolute atomic E-state index is 11.7. The first kappa shape index (κ1) is 17.4. The van der Waals surface area contributed by atoms with Crippen molar-refractivity contribution in [1.29, 1.82) is 0 Å². The van der Waals surface area contributed by atoms with Crippen LogP contribution in [0.5, 0.6) is 0 Å². The minimum atomic E-state index is -3.57. The summed E-state index contributed by atoms with van der Waals surface area (Å²) in [5, 5.41) is 12.5. The number of sulfonamides is 1. The zero-order valence-electron chi connectivity index (χ0n) is 11.8. The molecule has 0 aromatic heterocycles. The number of carbonyl (C=O) groups is 1. The van der Waals surface area contributed by atoms with Gasteiger partial charge in [-0.3, -0.25) is 4.79 Å². The third kappa shape index (κ3) is 8.23. The van der Waals surface area contributed by atoms with Gasteiger partial charge in [-0.05, 0) is 18.6 Å². The molecule has 1 amide bonds. The normalized spacial score (nSPS) is 13.2. The number of hydrogen-bond donors (Lipinski definition) is 3. The molecule has 0 radical (unpaired) electrons. The zero-order chi connectivity index (χ0) is 15.7. The summed E-state index contributed by atoms with van der Waals surface area (Å²) in [6, 6.07) is 9.04. The van der Waals surface area contributed by atoms with Crippen LogP contribution in [-0.2, 0) is 14.8 Å². The topological polar surface area (TPSA) is 95.5 Å². The van der Waals surface area contributed by atoms with Crippen molar-refractivity contribution in [3.8, 4) is 0 Å². The number of aliphatic hydroxyl groups is 1. The van der Waals surface area contributed by atoms with Crippen molar-refractivity contribution in [2.75, 3.05) is 13.1 Å². The SMILES string of the molecule is CC(O)CNC(=O)CCNS(=O)(=O)/C=C/c1ccccc1. The van der Waals surface area contributed by atoms with Crippen LogP contribution >= 0.6 is 0 Å². The van der Waals surface area contributed by atoms with Crippen molar-refractivity contribution in [3.05, 3.63) is 41.3 Å². The molecular weight excluding hydrogens is 292 g/mol. The van der Waals surface area contributed by atoms with Crippen LogP contribution in [0.15, 0.2) is 35.7 Å². The van der Waals surface area contributed by atoms with E-state index in [2.05, 4.69) is 10.0 Å². The molecule has 0 aliphatic heterocycles. The van der Waals surface area contributed by atoms with Gasteiger partial charge in [-0.15, -0.1) is 0 Å². The highest BCUT2D eigenvalue weighted by molar-refractivity contribution is 7.92. The second-order valence-corrected chi connectivity index (χ2v) is 6.21. The molecule has 0 saturated carbocycles. The van der Waals surface area contributed by atoms with Gasteiger partial charge in [0.15, 0.2) is 0 Å². The van der Waals surface area contributed by atoms with E-state index < -0.39 is 16.1 Å². The predicted molar refractivity (Wildman–Crippen MR) is 81.7 cm³/mol. The number of hydrogen-bond acceptors (Lipinski definition) is 4. The van der Waals surface area contributed by atoms with Gasteiger partial charge in [0.1, 0.15) is 0 Å². The van der Waals surface area contributed by atoms with E-state index in [1.807, 2.05) is 18.2 Å². The van der Waals surface area contributed by atoms with Crippen molar-refractivity contribution in [1.82, 2.24) is 10.0 Å². The van der Waals surface area contributed by atoms with E-state index in [1.165, 1.54) is 6.08 Å². The highest BCUT2D eigenvalue weighted by Gasteiger charge is 2.07. The van der Waals surface area contributed by atoms with Crippen LogP contribution < -0.4 is 10.0 Å². The average Bonchev–Trinajstić information content (AvgIpc) is 2.44. The van der Waals surface area contributed by atoms with Crippen LogP contribution in [0.4, 0.5) is 0 Å². The molecule has 116 valence electrons. The van der Waals surface area contributed by atoms with Gasteiger partial charge in [-0.1, -0.05) is 30.3 Å². The van der Waals surface area contributed by atoms with E-state index in [0.29, 0.717) is 0 Å².